The molecule has 2 heteroatoms. The van der Waals surface area contributed by atoms with Gasteiger partial charge in [-0.15, -0.1) is 0 Å². The fourth-order valence-electron chi connectivity index (χ4n) is 2.39. The standard InChI is InChI=1S/C19H22O2/c1-3-4-13-18(15-9-6-5-7-10-15)19(20)16-11-8-12-17(14-16)21-2/h4-14,18-20H,3H2,1-2H3/b13-4+/t18-,19-/m0/s1. The van der Waals surface area contributed by atoms with Crippen molar-refractivity contribution in [3.8, 4) is 5.75 Å². The van der Waals surface area contributed by atoms with E-state index in [1.807, 2.05) is 54.6 Å². The van der Waals surface area contributed by atoms with Crippen LogP contribution in [0.4, 0.5) is 0 Å². The number of ether oxygens (including phenoxy) is 1. The molecule has 0 saturated carbocycles. The maximum Gasteiger partial charge on any atom is 0.119 e. The molecule has 0 aliphatic rings. The normalized spacial score (nSPS) is 14.0. The Morgan fingerprint density at radius 1 is 1.05 bits per heavy atom. The van der Waals surface area contributed by atoms with E-state index in [0.717, 1.165) is 23.3 Å². The molecule has 0 amide bonds. The molecule has 2 rings (SSSR count). The highest BCUT2D eigenvalue weighted by Gasteiger charge is 2.20. The highest BCUT2D eigenvalue weighted by Crippen LogP contribution is 2.33. The van der Waals surface area contributed by atoms with Crippen molar-refractivity contribution < 1.29 is 9.84 Å². The van der Waals surface area contributed by atoms with Crippen LogP contribution in [0.3, 0.4) is 0 Å². The summed E-state index contributed by atoms with van der Waals surface area (Å²) in [6, 6.07) is 17.7. The van der Waals surface area contributed by atoms with Crippen molar-refractivity contribution in [1.82, 2.24) is 0 Å². The molecule has 2 nitrogen and oxygen atoms in total. The van der Waals surface area contributed by atoms with Crippen LogP contribution in [-0.4, -0.2) is 12.2 Å². The van der Waals surface area contributed by atoms with Gasteiger partial charge >= 0.3 is 0 Å². The Labute approximate surface area is 126 Å². The van der Waals surface area contributed by atoms with Gasteiger partial charge in [0.1, 0.15) is 5.75 Å². The van der Waals surface area contributed by atoms with Crippen LogP contribution < -0.4 is 4.74 Å². The minimum absolute atomic E-state index is 0.0572. The van der Waals surface area contributed by atoms with Gasteiger partial charge in [-0.1, -0.05) is 61.5 Å². The Morgan fingerprint density at radius 3 is 2.43 bits per heavy atom. The second kappa shape index (κ2) is 7.65. The first-order valence-corrected chi connectivity index (χ1v) is 7.30. The van der Waals surface area contributed by atoms with Crippen LogP contribution in [0.1, 0.15) is 36.5 Å². The van der Waals surface area contributed by atoms with Gasteiger partial charge in [0, 0.05) is 5.92 Å². The van der Waals surface area contributed by atoms with Crippen molar-refractivity contribution in [3.63, 3.8) is 0 Å². The van der Waals surface area contributed by atoms with Crippen LogP contribution in [0.5, 0.6) is 5.75 Å². The SMILES string of the molecule is CC/C=C/[C@@H](c1ccccc1)[C@@H](O)c1cccc(OC)c1. The second-order valence-electron chi connectivity index (χ2n) is 4.99. The van der Waals surface area contributed by atoms with E-state index >= 15 is 0 Å². The highest BCUT2D eigenvalue weighted by atomic mass is 16.5. The summed E-state index contributed by atoms with van der Waals surface area (Å²) >= 11 is 0. The Morgan fingerprint density at radius 2 is 1.76 bits per heavy atom. The smallest absolute Gasteiger partial charge is 0.119 e. The molecule has 0 fully saturated rings. The monoisotopic (exact) mass is 282 g/mol. The summed E-state index contributed by atoms with van der Waals surface area (Å²) in [4.78, 5) is 0. The molecule has 2 aromatic rings. The zero-order valence-electron chi connectivity index (χ0n) is 12.6. The molecule has 0 heterocycles. The number of allylic oxidation sites excluding steroid dienone is 1. The molecule has 0 bridgehead atoms. The van der Waals surface area contributed by atoms with Crippen LogP contribution in [0.25, 0.3) is 0 Å². The van der Waals surface area contributed by atoms with E-state index in [2.05, 4.69) is 19.1 Å². The molecule has 2 aromatic carbocycles. The van der Waals surface area contributed by atoms with Gasteiger partial charge < -0.3 is 9.84 Å². The summed E-state index contributed by atoms with van der Waals surface area (Å²) in [5, 5.41) is 10.8. The van der Waals surface area contributed by atoms with E-state index < -0.39 is 6.10 Å². The molecule has 0 spiro atoms. The maximum absolute atomic E-state index is 10.8. The number of aliphatic hydroxyl groups is 1. The lowest BCUT2D eigenvalue weighted by molar-refractivity contribution is 0.161. The topological polar surface area (TPSA) is 29.5 Å². The summed E-state index contributed by atoms with van der Waals surface area (Å²) in [5.74, 6) is 0.705. The van der Waals surface area contributed by atoms with Crippen LogP contribution in [-0.2, 0) is 0 Å². The quantitative estimate of drug-likeness (QED) is 0.792. The molecule has 0 aromatic heterocycles. The van der Waals surface area contributed by atoms with Crippen molar-refractivity contribution in [3.05, 3.63) is 77.9 Å². The van der Waals surface area contributed by atoms with Gasteiger partial charge in [-0.05, 0) is 29.7 Å². The molecule has 21 heavy (non-hydrogen) atoms. The number of hydrogen-bond acceptors (Lipinski definition) is 2. The fourth-order valence-corrected chi connectivity index (χ4v) is 2.39. The van der Waals surface area contributed by atoms with Crippen molar-refractivity contribution in [2.45, 2.75) is 25.4 Å². The van der Waals surface area contributed by atoms with Crippen LogP contribution in [0.15, 0.2) is 66.7 Å². The summed E-state index contributed by atoms with van der Waals surface area (Å²) in [5.41, 5.74) is 1.97. The van der Waals surface area contributed by atoms with Crippen molar-refractivity contribution in [1.29, 1.82) is 0 Å². The first-order valence-electron chi connectivity index (χ1n) is 7.30. The first-order chi connectivity index (χ1) is 10.3. The Hall–Kier alpha value is -2.06. The van der Waals surface area contributed by atoms with E-state index in [-0.39, 0.29) is 5.92 Å². The van der Waals surface area contributed by atoms with Gasteiger partial charge in [-0.2, -0.15) is 0 Å². The molecule has 110 valence electrons. The summed E-state index contributed by atoms with van der Waals surface area (Å²) in [6.07, 6.45) is 4.54. The number of hydrogen-bond donors (Lipinski definition) is 1. The summed E-state index contributed by atoms with van der Waals surface area (Å²) in [6.45, 7) is 2.09. The lowest BCUT2D eigenvalue weighted by Gasteiger charge is -2.21. The van der Waals surface area contributed by atoms with Gasteiger partial charge in [-0.25, -0.2) is 0 Å². The predicted molar refractivity (Wildman–Crippen MR) is 86.6 cm³/mol. The number of benzene rings is 2. The minimum atomic E-state index is -0.592. The average molecular weight is 282 g/mol. The Kier molecular flexibility index (Phi) is 5.59. The van der Waals surface area contributed by atoms with Crippen LogP contribution in [0.2, 0.25) is 0 Å². The molecule has 2 atom stereocenters. The third kappa shape index (κ3) is 3.96. The van der Waals surface area contributed by atoms with E-state index in [4.69, 9.17) is 4.74 Å². The van der Waals surface area contributed by atoms with Crippen molar-refractivity contribution in [2.75, 3.05) is 7.11 Å². The molecule has 0 radical (unpaired) electrons. The molecular weight excluding hydrogens is 260 g/mol. The van der Waals surface area contributed by atoms with Gasteiger partial charge in [0.25, 0.3) is 0 Å². The van der Waals surface area contributed by atoms with Gasteiger partial charge in [0.15, 0.2) is 0 Å². The minimum Gasteiger partial charge on any atom is -0.497 e. The maximum atomic E-state index is 10.8. The number of aliphatic hydroxyl groups excluding tert-OH is 1. The summed E-state index contributed by atoms with van der Waals surface area (Å²) in [7, 11) is 1.64. The van der Waals surface area contributed by atoms with E-state index in [9.17, 15) is 5.11 Å². The number of methoxy groups -OCH3 is 1. The molecule has 0 saturated heterocycles. The molecule has 0 unspecified atom stereocenters. The van der Waals surface area contributed by atoms with Gasteiger partial charge in [0.2, 0.25) is 0 Å². The lowest BCUT2D eigenvalue weighted by atomic mass is 9.88. The number of rotatable bonds is 6. The van der Waals surface area contributed by atoms with E-state index in [1.54, 1.807) is 7.11 Å². The Bertz CT molecular complexity index is 575. The molecule has 0 aliphatic carbocycles. The van der Waals surface area contributed by atoms with Crippen LogP contribution >= 0.6 is 0 Å². The van der Waals surface area contributed by atoms with Crippen molar-refractivity contribution >= 4 is 0 Å². The second-order valence-corrected chi connectivity index (χ2v) is 4.99. The first kappa shape index (κ1) is 15.3. The third-order valence-corrected chi connectivity index (χ3v) is 3.54. The van der Waals surface area contributed by atoms with Gasteiger partial charge in [-0.3, -0.25) is 0 Å². The largest absolute Gasteiger partial charge is 0.497 e. The molecule has 0 aliphatic heterocycles. The zero-order valence-corrected chi connectivity index (χ0v) is 12.6. The third-order valence-electron chi connectivity index (χ3n) is 3.54. The summed E-state index contributed by atoms with van der Waals surface area (Å²) < 4.78 is 5.24. The Balaban J connectivity index is 2.33. The lowest BCUT2D eigenvalue weighted by Crippen LogP contribution is -2.09. The van der Waals surface area contributed by atoms with Crippen molar-refractivity contribution in [2.24, 2.45) is 0 Å². The molecule has 1 N–H and O–H groups in total. The average Bonchev–Trinajstić information content (AvgIpc) is 2.56. The predicted octanol–water partition coefficient (Wildman–Crippen LogP) is 4.48. The van der Waals surface area contributed by atoms with E-state index in [1.165, 1.54) is 0 Å². The van der Waals surface area contributed by atoms with E-state index in [0.29, 0.717) is 0 Å². The van der Waals surface area contributed by atoms with Gasteiger partial charge in [0.05, 0.1) is 13.2 Å². The van der Waals surface area contributed by atoms with Crippen LogP contribution in [0, 0.1) is 0 Å². The zero-order chi connectivity index (χ0) is 15.1. The molecular formula is C19H22O2. The highest BCUT2D eigenvalue weighted by molar-refractivity contribution is 5.34. The fraction of sp³-hybridized carbons (Fsp3) is 0.263.